The van der Waals surface area contributed by atoms with Crippen molar-refractivity contribution in [2.24, 2.45) is 0 Å². The van der Waals surface area contributed by atoms with Gasteiger partial charge in [-0.25, -0.2) is 9.67 Å². The molecule has 0 aliphatic heterocycles. The van der Waals surface area contributed by atoms with Crippen LogP contribution in [0, 0.1) is 0 Å². The van der Waals surface area contributed by atoms with Crippen molar-refractivity contribution in [2.75, 3.05) is 0 Å². The first-order valence-electron chi connectivity index (χ1n) is 12.1. The van der Waals surface area contributed by atoms with Crippen molar-refractivity contribution >= 4 is 0 Å². The molecule has 0 unspecified atom stereocenters. The minimum atomic E-state index is 0.648. The van der Waals surface area contributed by atoms with Gasteiger partial charge in [0.1, 0.15) is 5.69 Å². The van der Waals surface area contributed by atoms with E-state index in [1.165, 1.54) is 11.1 Å². The summed E-state index contributed by atoms with van der Waals surface area (Å²) >= 11 is 0. The number of aromatic nitrogens is 5. The first-order chi connectivity index (χ1) is 17.9. The molecule has 5 heteroatoms. The van der Waals surface area contributed by atoms with Crippen LogP contribution in [0.1, 0.15) is 11.1 Å². The van der Waals surface area contributed by atoms with Crippen LogP contribution < -0.4 is 0 Å². The van der Waals surface area contributed by atoms with Crippen LogP contribution >= 0.6 is 0 Å². The van der Waals surface area contributed by atoms with Gasteiger partial charge in [-0.2, -0.15) is 0 Å². The van der Waals surface area contributed by atoms with Crippen LogP contribution in [-0.2, 0) is 13.1 Å². The molecule has 1 aliphatic carbocycles. The molecule has 0 N–H and O–H groups in total. The summed E-state index contributed by atoms with van der Waals surface area (Å²) in [5, 5.41) is 9.40. The smallest absolute Gasteiger partial charge is 0.121 e. The quantitative estimate of drug-likeness (QED) is 0.296. The molecule has 36 heavy (non-hydrogen) atoms. The maximum Gasteiger partial charge on any atom is 0.121 e. The molecule has 172 valence electrons. The van der Waals surface area contributed by atoms with Gasteiger partial charge in [0, 0.05) is 28.8 Å². The fourth-order valence-corrected chi connectivity index (χ4v) is 5.18. The molecule has 0 bridgehead atoms. The van der Waals surface area contributed by atoms with Crippen LogP contribution in [0.2, 0.25) is 0 Å². The van der Waals surface area contributed by atoms with Gasteiger partial charge in [-0.1, -0.05) is 114 Å². The number of hydrogen-bond donors (Lipinski definition) is 0. The zero-order valence-corrected chi connectivity index (χ0v) is 19.6. The first kappa shape index (κ1) is 20.6. The SMILES string of the molecule is c1ccc(Cn2cnc3c2-c2ccccc2-c2nnn(Cc4ccccc4)c2-c2ccccc2-3)cc1. The topological polar surface area (TPSA) is 48.5 Å². The Balaban J connectivity index is 1.48. The monoisotopic (exact) mass is 465 g/mol. The molecule has 2 heterocycles. The Hall–Kier alpha value is -4.77. The molecule has 4 aromatic carbocycles. The third-order valence-electron chi connectivity index (χ3n) is 6.82. The van der Waals surface area contributed by atoms with Gasteiger partial charge < -0.3 is 4.57 Å². The van der Waals surface area contributed by atoms with Crippen molar-refractivity contribution in [1.29, 1.82) is 0 Å². The first-order valence-corrected chi connectivity index (χ1v) is 12.1. The Bertz CT molecular complexity index is 1550. The summed E-state index contributed by atoms with van der Waals surface area (Å²) in [4.78, 5) is 4.98. The second-order valence-electron chi connectivity index (χ2n) is 9.08. The summed E-state index contributed by atoms with van der Waals surface area (Å²) in [6.45, 7) is 1.39. The Morgan fingerprint density at radius 1 is 0.500 bits per heavy atom. The molecule has 0 saturated heterocycles. The largest absolute Gasteiger partial charge is 0.326 e. The van der Waals surface area contributed by atoms with E-state index in [0.29, 0.717) is 6.54 Å². The number of hydrogen-bond acceptors (Lipinski definition) is 3. The van der Waals surface area contributed by atoms with Gasteiger partial charge in [0.15, 0.2) is 0 Å². The summed E-state index contributed by atoms with van der Waals surface area (Å²) in [6, 6.07) is 37.9. The van der Waals surface area contributed by atoms with E-state index in [0.717, 1.165) is 51.6 Å². The molecule has 2 aromatic heterocycles. The van der Waals surface area contributed by atoms with Crippen molar-refractivity contribution in [3.05, 3.63) is 127 Å². The maximum absolute atomic E-state index is 4.98. The van der Waals surface area contributed by atoms with Crippen LogP contribution in [0.5, 0.6) is 0 Å². The van der Waals surface area contributed by atoms with Gasteiger partial charge in [0.05, 0.1) is 30.0 Å². The van der Waals surface area contributed by atoms with E-state index in [-0.39, 0.29) is 0 Å². The van der Waals surface area contributed by atoms with Gasteiger partial charge in [0.2, 0.25) is 0 Å². The molecule has 0 fully saturated rings. The molecule has 0 amide bonds. The predicted molar refractivity (Wildman–Crippen MR) is 142 cm³/mol. The molecule has 0 saturated carbocycles. The molecule has 5 nitrogen and oxygen atoms in total. The lowest BCUT2D eigenvalue weighted by Crippen LogP contribution is -2.07. The fourth-order valence-electron chi connectivity index (χ4n) is 5.18. The summed E-state index contributed by atoms with van der Waals surface area (Å²) in [5.41, 5.74) is 10.8. The van der Waals surface area contributed by atoms with Crippen molar-refractivity contribution in [2.45, 2.75) is 13.1 Å². The second kappa shape index (κ2) is 8.47. The lowest BCUT2D eigenvalue weighted by Gasteiger charge is -2.19. The molecule has 0 radical (unpaired) electrons. The van der Waals surface area contributed by atoms with Gasteiger partial charge in [-0.15, -0.1) is 5.10 Å². The Labute approximate surface area is 209 Å². The molecule has 0 spiro atoms. The second-order valence-corrected chi connectivity index (χ2v) is 9.08. The van der Waals surface area contributed by atoms with Gasteiger partial charge in [-0.3, -0.25) is 0 Å². The van der Waals surface area contributed by atoms with Crippen LogP contribution in [-0.4, -0.2) is 24.5 Å². The number of benzene rings is 4. The van der Waals surface area contributed by atoms with Crippen LogP contribution in [0.25, 0.3) is 45.0 Å². The third kappa shape index (κ3) is 3.36. The van der Waals surface area contributed by atoms with Crippen molar-refractivity contribution in [3.63, 3.8) is 0 Å². The zero-order chi connectivity index (χ0) is 23.9. The van der Waals surface area contributed by atoms with Crippen LogP contribution in [0.15, 0.2) is 116 Å². The van der Waals surface area contributed by atoms with Gasteiger partial charge in [0.25, 0.3) is 0 Å². The van der Waals surface area contributed by atoms with E-state index in [1.807, 2.05) is 23.1 Å². The van der Waals surface area contributed by atoms with Crippen molar-refractivity contribution in [3.8, 4) is 45.0 Å². The molecular formula is C31H23N5. The summed E-state index contributed by atoms with van der Waals surface area (Å²) in [6.07, 6.45) is 1.96. The van der Waals surface area contributed by atoms with Gasteiger partial charge in [-0.05, 0) is 11.1 Å². The highest BCUT2D eigenvalue weighted by atomic mass is 15.4. The zero-order valence-electron chi connectivity index (χ0n) is 19.6. The molecular weight excluding hydrogens is 442 g/mol. The van der Waals surface area contributed by atoms with E-state index in [1.54, 1.807) is 0 Å². The van der Waals surface area contributed by atoms with Crippen molar-refractivity contribution < 1.29 is 0 Å². The highest BCUT2D eigenvalue weighted by molar-refractivity contribution is 5.99. The minimum absolute atomic E-state index is 0.648. The third-order valence-corrected chi connectivity index (χ3v) is 6.82. The standard InChI is InChI=1S/C31H23N5/c1-3-11-22(12-4-1)19-35-21-32-28-24-15-7-10-18-27(24)31-29(25-16-8-9-17-26(25)30(28)35)33-34-36(31)20-23-13-5-2-6-14-23/h1-18,21H,19-20H2. The van der Waals surface area contributed by atoms with E-state index in [4.69, 9.17) is 10.1 Å². The fraction of sp³-hybridized carbons (Fsp3) is 0.0645. The molecule has 6 aromatic rings. The van der Waals surface area contributed by atoms with E-state index in [2.05, 4.69) is 107 Å². The molecule has 1 aliphatic rings. The number of imidazole rings is 1. The lowest BCUT2D eigenvalue weighted by atomic mass is 9.89. The van der Waals surface area contributed by atoms with Crippen LogP contribution in [0.4, 0.5) is 0 Å². The summed E-state index contributed by atoms with van der Waals surface area (Å²) < 4.78 is 4.27. The highest BCUT2D eigenvalue weighted by Gasteiger charge is 2.29. The van der Waals surface area contributed by atoms with Gasteiger partial charge >= 0.3 is 0 Å². The molecule has 0 atom stereocenters. The Morgan fingerprint density at radius 3 is 1.69 bits per heavy atom. The summed E-state index contributed by atoms with van der Waals surface area (Å²) in [7, 11) is 0. The van der Waals surface area contributed by atoms with E-state index >= 15 is 0 Å². The average Bonchev–Trinajstić information content (AvgIpc) is 3.53. The number of nitrogens with zero attached hydrogens (tertiary/aromatic N) is 5. The predicted octanol–water partition coefficient (Wildman–Crippen LogP) is 6.55. The minimum Gasteiger partial charge on any atom is -0.326 e. The number of fused-ring (bicyclic) bond motifs is 8. The average molecular weight is 466 g/mol. The van der Waals surface area contributed by atoms with E-state index < -0.39 is 0 Å². The Kier molecular flexibility index (Phi) is 4.84. The van der Waals surface area contributed by atoms with Crippen LogP contribution in [0.3, 0.4) is 0 Å². The lowest BCUT2D eigenvalue weighted by molar-refractivity contribution is 0.656. The van der Waals surface area contributed by atoms with E-state index in [9.17, 15) is 0 Å². The maximum atomic E-state index is 4.98. The normalized spacial score (nSPS) is 11.6. The summed E-state index contributed by atoms with van der Waals surface area (Å²) in [5.74, 6) is 0. The number of rotatable bonds is 4. The Morgan fingerprint density at radius 2 is 1.03 bits per heavy atom. The molecule has 7 rings (SSSR count). The van der Waals surface area contributed by atoms with Crippen molar-refractivity contribution in [1.82, 2.24) is 24.5 Å². The highest BCUT2D eigenvalue weighted by Crippen LogP contribution is 2.46.